The van der Waals surface area contributed by atoms with E-state index in [1.807, 2.05) is 30.3 Å². The molecule has 0 bridgehead atoms. The largest absolute Gasteiger partial charge is 0.497 e. The minimum absolute atomic E-state index is 0.368. The molecule has 0 saturated carbocycles. The van der Waals surface area contributed by atoms with Gasteiger partial charge in [0.2, 0.25) is 0 Å². The number of anilines is 1. The van der Waals surface area contributed by atoms with Crippen LogP contribution in [0.1, 0.15) is 0 Å². The molecule has 23 heavy (non-hydrogen) atoms. The molecule has 120 valence electrons. The van der Waals surface area contributed by atoms with E-state index < -0.39 is 0 Å². The average Bonchev–Trinajstić information content (AvgIpc) is 2.86. The first kappa shape index (κ1) is 15.4. The van der Waals surface area contributed by atoms with E-state index in [9.17, 15) is 4.79 Å². The Balaban J connectivity index is 1.81. The summed E-state index contributed by atoms with van der Waals surface area (Å²) in [5, 5.41) is 0. The lowest BCUT2D eigenvalue weighted by molar-refractivity contribution is 0.395. The van der Waals surface area contributed by atoms with Gasteiger partial charge in [0.05, 0.1) is 25.4 Å². The second kappa shape index (κ2) is 6.29. The summed E-state index contributed by atoms with van der Waals surface area (Å²) in [5.74, 6) is 1.04. The maximum absolute atomic E-state index is 11.5. The third-order valence-corrected chi connectivity index (χ3v) is 4.23. The van der Waals surface area contributed by atoms with E-state index in [2.05, 4.69) is 4.72 Å². The molecule has 0 aliphatic rings. The first-order valence-electron chi connectivity index (χ1n) is 6.86. The normalized spacial score (nSPS) is 10.7. The number of nitrogens with zero attached hydrogens (tertiary/aromatic N) is 1. The number of rotatable bonds is 5. The maximum atomic E-state index is 11.5. The molecule has 1 heterocycles. The minimum Gasteiger partial charge on any atom is -0.497 e. The minimum atomic E-state index is -0.368. The number of ether oxygens (including phenoxy) is 2. The van der Waals surface area contributed by atoms with Gasteiger partial charge in [-0.3, -0.25) is 4.57 Å². The van der Waals surface area contributed by atoms with Crippen molar-refractivity contribution in [1.82, 2.24) is 4.57 Å². The molecule has 0 atom stereocenters. The Hall–Kier alpha value is -2.54. The van der Waals surface area contributed by atoms with Gasteiger partial charge in [0.1, 0.15) is 11.5 Å². The molecule has 6 nitrogen and oxygen atoms in total. The maximum Gasteiger partial charge on any atom is 0.419 e. The highest BCUT2D eigenvalue weighted by Crippen LogP contribution is 2.30. The zero-order chi connectivity index (χ0) is 16.4. The highest BCUT2D eigenvalue weighted by atomic mass is 32.2. The zero-order valence-electron chi connectivity index (χ0n) is 13.0. The van der Waals surface area contributed by atoms with Gasteiger partial charge in [-0.05, 0) is 30.1 Å². The molecule has 1 aromatic heterocycles. The lowest BCUT2D eigenvalue weighted by atomic mass is 10.3. The van der Waals surface area contributed by atoms with Gasteiger partial charge in [-0.25, -0.2) is 4.79 Å². The summed E-state index contributed by atoms with van der Waals surface area (Å²) < 4.78 is 20.4. The summed E-state index contributed by atoms with van der Waals surface area (Å²) in [6, 6.07) is 11.2. The molecule has 0 saturated heterocycles. The SMILES string of the molecule is COc1cc(NSc2ccc3c(c2)oc(=O)n3C)cc(OC)c1. The van der Waals surface area contributed by atoms with E-state index in [0.717, 1.165) is 16.1 Å². The van der Waals surface area contributed by atoms with Crippen molar-refractivity contribution in [2.45, 2.75) is 4.90 Å². The van der Waals surface area contributed by atoms with E-state index in [1.54, 1.807) is 27.3 Å². The molecule has 3 rings (SSSR count). The van der Waals surface area contributed by atoms with Gasteiger partial charge in [-0.2, -0.15) is 0 Å². The monoisotopic (exact) mass is 332 g/mol. The molecule has 0 aliphatic heterocycles. The number of aromatic nitrogens is 1. The first-order valence-corrected chi connectivity index (χ1v) is 7.68. The molecular weight excluding hydrogens is 316 g/mol. The van der Waals surface area contributed by atoms with Crippen molar-refractivity contribution in [2.24, 2.45) is 7.05 Å². The summed E-state index contributed by atoms with van der Waals surface area (Å²) in [6.45, 7) is 0. The second-order valence-electron chi connectivity index (χ2n) is 4.86. The summed E-state index contributed by atoms with van der Waals surface area (Å²) >= 11 is 1.41. The number of oxazole rings is 1. The molecule has 0 fully saturated rings. The Labute approximate surface area is 137 Å². The van der Waals surface area contributed by atoms with Crippen LogP contribution in [0.5, 0.6) is 11.5 Å². The molecule has 2 aromatic carbocycles. The summed E-state index contributed by atoms with van der Waals surface area (Å²) in [4.78, 5) is 12.4. The Morgan fingerprint density at radius 1 is 1.09 bits per heavy atom. The fraction of sp³-hybridized carbons (Fsp3) is 0.188. The van der Waals surface area contributed by atoms with Crippen LogP contribution in [0.2, 0.25) is 0 Å². The zero-order valence-corrected chi connectivity index (χ0v) is 13.8. The summed E-state index contributed by atoms with van der Waals surface area (Å²) in [7, 11) is 4.90. The fourth-order valence-corrected chi connectivity index (χ4v) is 2.82. The third-order valence-electron chi connectivity index (χ3n) is 3.40. The molecule has 0 radical (unpaired) electrons. The lowest BCUT2D eigenvalue weighted by Crippen LogP contribution is -2.08. The Kier molecular flexibility index (Phi) is 4.20. The number of methoxy groups -OCH3 is 2. The average molecular weight is 332 g/mol. The smallest absolute Gasteiger partial charge is 0.419 e. The van der Waals surface area contributed by atoms with Gasteiger partial charge < -0.3 is 18.6 Å². The second-order valence-corrected chi connectivity index (χ2v) is 5.74. The molecule has 0 spiro atoms. The molecule has 0 amide bonds. The molecule has 1 N–H and O–H groups in total. The van der Waals surface area contributed by atoms with Gasteiger partial charge in [0, 0.05) is 30.1 Å². The topological polar surface area (TPSA) is 65.6 Å². The fourth-order valence-electron chi connectivity index (χ4n) is 2.16. The van der Waals surface area contributed by atoms with Crippen molar-refractivity contribution in [3.05, 3.63) is 46.9 Å². The number of nitrogens with one attached hydrogen (secondary N) is 1. The van der Waals surface area contributed by atoms with Gasteiger partial charge in [0.15, 0.2) is 5.58 Å². The number of hydrogen-bond acceptors (Lipinski definition) is 6. The van der Waals surface area contributed by atoms with Crippen LogP contribution < -0.4 is 20.0 Å². The molecule has 3 aromatic rings. The highest BCUT2D eigenvalue weighted by Gasteiger charge is 2.07. The van der Waals surface area contributed by atoms with Crippen LogP contribution in [0.15, 0.2) is 50.5 Å². The lowest BCUT2D eigenvalue weighted by Gasteiger charge is -2.10. The molecule has 0 aliphatic carbocycles. The van der Waals surface area contributed by atoms with Gasteiger partial charge in [-0.15, -0.1) is 0 Å². The van der Waals surface area contributed by atoms with Gasteiger partial charge in [-0.1, -0.05) is 0 Å². The van der Waals surface area contributed by atoms with Gasteiger partial charge >= 0.3 is 5.76 Å². The number of hydrogen-bond donors (Lipinski definition) is 1. The predicted molar refractivity (Wildman–Crippen MR) is 90.5 cm³/mol. The van der Waals surface area contributed by atoms with E-state index in [0.29, 0.717) is 17.1 Å². The van der Waals surface area contributed by atoms with Crippen LogP contribution in [0.25, 0.3) is 11.1 Å². The number of benzene rings is 2. The van der Waals surface area contributed by atoms with E-state index in [1.165, 1.54) is 16.5 Å². The van der Waals surface area contributed by atoms with Gasteiger partial charge in [0.25, 0.3) is 0 Å². The van der Waals surface area contributed by atoms with Crippen molar-refractivity contribution in [1.29, 1.82) is 0 Å². The number of fused-ring (bicyclic) bond motifs is 1. The van der Waals surface area contributed by atoms with Crippen molar-refractivity contribution in [3.63, 3.8) is 0 Å². The van der Waals surface area contributed by atoms with Crippen molar-refractivity contribution in [3.8, 4) is 11.5 Å². The van der Waals surface area contributed by atoms with E-state index >= 15 is 0 Å². The van der Waals surface area contributed by atoms with Crippen LogP contribution in [0, 0.1) is 0 Å². The van der Waals surface area contributed by atoms with Crippen molar-refractivity contribution < 1.29 is 13.9 Å². The summed E-state index contributed by atoms with van der Waals surface area (Å²) in [5.41, 5.74) is 2.18. The quantitative estimate of drug-likeness (QED) is 0.724. The van der Waals surface area contributed by atoms with Crippen LogP contribution >= 0.6 is 11.9 Å². The predicted octanol–water partition coefficient (Wildman–Crippen LogP) is 3.27. The van der Waals surface area contributed by atoms with Crippen LogP contribution in [0.3, 0.4) is 0 Å². The van der Waals surface area contributed by atoms with Crippen molar-refractivity contribution in [2.75, 3.05) is 18.9 Å². The Bertz CT molecular complexity index is 878. The van der Waals surface area contributed by atoms with E-state index in [-0.39, 0.29) is 5.76 Å². The van der Waals surface area contributed by atoms with Crippen LogP contribution in [-0.4, -0.2) is 18.8 Å². The van der Waals surface area contributed by atoms with Crippen LogP contribution in [0.4, 0.5) is 5.69 Å². The molecule has 7 heteroatoms. The third kappa shape index (κ3) is 3.14. The van der Waals surface area contributed by atoms with E-state index in [4.69, 9.17) is 13.9 Å². The number of aryl methyl sites for hydroxylation is 1. The first-order chi connectivity index (χ1) is 11.1. The van der Waals surface area contributed by atoms with Crippen LogP contribution in [-0.2, 0) is 7.05 Å². The Morgan fingerprint density at radius 2 is 1.78 bits per heavy atom. The van der Waals surface area contributed by atoms with Crippen molar-refractivity contribution >= 4 is 28.7 Å². The standard InChI is InChI=1S/C16H16N2O4S/c1-18-14-5-4-13(9-15(14)22-16(18)19)23-17-10-6-11(20-2)8-12(7-10)21-3/h4-9,17H,1-3H3. The molecular formula is C16H16N2O4S. The summed E-state index contributed by atoms with van der Waals surface area (Å²) in [6.07, 6.45) is 0. The molecule has 0 unspecified atom stereocenters. The Morgan fingerprint density at radius 3 is 2.43 bits per heavy atom. The highest BCUT2D eigenvalue weighted by molar-refractivity contribution is 8.00.